The number of ether oxygens (including phenoxy) is 2. The highest BCUT2D eigenvalue weighted by Crippen LogP contribution is 2.38. The molecule has 1 aliphatic heterocycles. The normalized spacial score (nSPS) is 13.8. The van der Waals surface area contributed by atoms with E-state index in [1.807, 2.05) is 4.90 Å². The van der Waals surface area contributed by atoms with Crippen molar-refractivity contribution in [1.82, 2.24) is 14.1 Å². The monoisotopic (exact) mass is 608 g/mol. The average molecular weight is 609 g/mol. The summed E-state index contributed by atoms with van der Waals surface area (Å²) in [6.07, 6.45) is 2.47. The maximum absolute atomic E-state index is 13.8. The fourth-order valence-corrected chi connectivity index (χ4v) is 7.58. The van der Waals surface area contributed by atoms with Crippen LogP contribution in [0.4, 0.5) is 5.00 Å². The number of benzene rings is 1. The first-order chi connectivity index (χ1) is 19.7. The summed E-state index contributed by atoms with van der Waals surface area (Å²) in [4.78, 5) is 32.6. The molecule has 1 aromatic heterocycles. The molecule has 1 aromatic carbocycles. The number of hydrogen-bond donors (Lipinski definition) is 1. The lowest BCUT2D eigenvalue weighted by atomic mass is 10.0. The molecule has 2 aromatic rings. The molecule has 0 unspecified atom stereocenters. The van der Waals surface area contributed by atoms with Gasteiger partial charge in [-0.2, -0.15) is 4.31 Å². The number of carbonyl (C=O) groups is 2. The van der Waals surface area contributed by atoms with E-state index in [0.29, 0.717) is 29.2 Å². The van der Waals surface area contributed by atoms with Crippen molar-refractivity contribution in [1.29, 1.82) is 0 Å². The molecular weight excluding hydrogens is 564 g/mol. The van der Waals surface area contributed by atoms with E-state index in [0.717, 1.165) is 49.3 Å². The fourth-order valence-electron chi connectivity index (χ4n) is 4.89. The first kappa shape index (κ1) is 33.2. The SMILES string of the molecule is CCCN(CCC)C(=O)c1c(NC(=O)c2ccc(S(=O)(=O)N(CCOC)CCOC)cc2)sc2c1CCN(CC)C2. The Balaban J connectivity index is 1.88. The number of nitrogens with zero attached hydrogens (tertiary/aromatic N) is 3. The van der Waals surface area contributed by atoms with Crippen molar-refractivity contribution in [2.24, 2.45) is 0 Å². The van der Waals surface area contributed by atoms with E-state index in [-0.39, 0.29) is 43.0 Å². The summed E-state index contributed by atoms with van der Waals surface area (Å²) in [6, 6.07) is 5.88. The number of amides is 2. The van der Waals surface area contributed by atoms with Crippen LogP contribution in [0.2, 0.25) is 0 Å². The van der Waals surface area contributed by atoms with Gasteiger partial charge in [-0.1, -0.05) is 20.8 Å². The zero-order valence-corrected chi connectivity index (χ0v) is 26.5. The highest BCUT2D eigenvalue weighted by molar-refractivity contribution is 7.89. The molecule has 1 aliphatic rings. The van der Waals surface area contributed by atoms with Crippen LogP contribution >= 0.6 is 11.3 Å². The molecule has 0 bridgehead atoms. The summed E-state index contributed by atoms with van der Waals surface area (Å²) in [5, 5.41) is 3.55. The van der Waals surface area contributed by atoms with E-state index in [2.05, 4.69) is 31.0 Å². The number of fused-ring (bicyclic) bond motifs is 1. The topological polar surface area (TPSA) is 108 Å². The summed E-state index contributed by atoms with van der Waals surface area (Å²) >= 11 is 1.47. The van der Waals surface area contributed by atoms with Crippen LogP contribution in [-0.2, 0) is 32.5 Å². The minimum atomic E-state index is -3.81. The maximum Gasteiger partial charge on any atom is 0.257 e. The standard InChI is InChI=1S/C29H44N4O6S2/c1-6-14-32(15-7-2)29(35)26-24-13-16-31(8-3)21-25(24)40-28(26)30-27(34)22-9-11-23(12-10-22)41(36,37)33(17-19-38-4)18-20-39-5/h9-12H,6-8,13-21H2,1-5H3,(H,30,34). The number of anilines is 1. The van der Waals surface area contributed by atoms with E-state index < -0.39 is 10.0 Å². The Labute approximate surface area is 248 Å². The number of methoxy groups -OCH3 is 2. The van der Waals surface area contributed by atoms with Gasteiger partial charge >= 0.3 is 0 Å². The van der Waals surface area contributed by atoms with Crippen LogP contribution in [0.15, 0.2) is 29.2 Å². The Bertz CT molecular complexity index is 1250. The molecule has 228 valence electrons. The number of hydrogen-bond acceptors (Lipinski definition) is 8. The predicted molar refractivity (Wildman–Crippen MR) is 162 cm³/mol. The summed E-state index contributed by atoms with van der Waals surface area (Å²) < 4.78 is 37.9. The molecule has 0 saturated heterocycles. The molecule has 0 saturated carbocycles. The van der Waals surface area contributed by atoms with Crippen LogP contribution in [0.5, 0.6) is 0 Å². The van der Waals surface area contributed by atoms with E-state index in [1.165, 1.54) is 54.1 Å². The predicted octanol–water partition coefficient (Wildman–Crippen LogP) is 3.92. The molecule has 10 nitrogen and oxygen atoms in total. The number of sulfonamides is 1. The van der Waals surface area contributed by atoms with Gasteiger partial charge in [0.25, 0.3) is 11.8 Å². The number of thiophene rings is 1. The molecule has 0 aliphatic carbocycles. The lowest BCUT2D eigenvalue weighted by Crippen LogP contribution is -2.36. The van der Waals surface area contributed by atoms with Crippen LogP contribution in [-0.4, -0.2) is 101 Å². The van der Waals surface area contributed by atoms with E-state index in [4.69, 9.17) is 9.47 Å². The van der Waals surface area contributed by atoms with Crippen LogP contribution in [0.25, 0.3) is 0 Å². The number of carbonyl (C=O) groups excluding carboxylic acids is 2. The summed E-state index contributed by atoms with van der Waals surface area (Å²) in [7, 11) is -0.774. The number of nitrogens with one attached hydrogen (secondary N) is 1. The van der Waals surface area contributed by atoms with E-state index in [1.54, 1.807) is 0 Å². The van der Waals surface area contributed by atoms with Gasteiger partial charge in [0.1, 0.15) is 5.00 Å². The van der Waals surface area contributed by atoms with Gasteiger partial charge in [-0.05, 0) is 55.6 Å². The van der Waals surface area contributed by atoms with Gasteiger partial charge in [0.05, 0.1) is 23.7 Å². The zero-order chi connectivity index (χ0) is 30.0. The van der Waals surface area contributed by atoms with E-state index in [9.17, 15) is 18.0 Å². The maximum atomic E-state index is 13.8. The highest BCUT2D eigenvalue weighted by Gasteiger charge is 2.31. The molecule has 1 N–H and O–H groups in total. The molecule has 2 heterocycles. The smallest absolute Gasteiger partial charge is 0.257 e. The molecule has 12 heteroatoms. The molecule has 0 spiro atoms. The fraction of sp³-hybridized carbons (Fsp3) is 0.586. The van der Waals surface area contributed by atoms with Crippen molar-refractivity contribution in [2.45, 2.75) is 51.5 Å². The Morgan fingerprint density at radius 2 is 1.59 bits per heavy atom. The van der Waals surface area contributed by atoms with Crippen LogP contribution < -0.4 is 5.32 Å². The molecule has 41 heavy (non-hydrogen) atoms. The average Bonchev–Trinajstić information content (AvgIpc) is 3.33. The van der Waals surface area contributed by atoms with E-state index >= 15 is 0 Å². The summed E-state index contributed by atoms with van der Waals surface area (Å²) in [5.74, 6) is -0.429. The first-order valence-electron chi connectivity index (χ1n) is 14.3. The Hall–Kier alpha value is -2.35. The van der Waals surface area contributed by atoms with Crippen molar-refractivity contribution in [2.75, 3.05) is 72.0 Å². The van der Waals surface area contributed by atoms with Crippen molar-refractivity contribution in [3.8, 4) is 0 Å². The van der Waals surface area contributed by atoms with Gasteiger partial charge in [-0.25, -0.2) is 8.42 Å². The number of likely N-dealkylation sites (N-methyl/N-ethyl adjacent to an activating group) is 1. The van der Waals surface area contributed by atoms with Gasteiger partial charge < -0.3 is 19.7 Å². The largest absolute Gasteiger partial charge is 0.383 e. The van der Waals surface area contributed by atoms with Gasteiger partial charge in [-0.3, -0.25) is 14.5 Å². The second-order valence-corrected chi connectivity index (χ2v) is 13.0. The lowest BCUT2D eigenvalue weighted by molar-refractivity contribution is 0.0755. The summed E-state index contributed by atoms with van der Waals surface area (Å²) in [5.41, 5.74) is 1.94. The Morgan fingerprint density at radius 3 is 2.12 bits per heavy atom. The molecule has 2 amide bonds. The van der Waals surface area contributed by atoms with Crippen LogP contribution in [0.3, 0.4) is 0 Å². The lowest BCUT2D eigenvalue weighted by Gasteiger charge is -2.27. The van der Waals surface area contributed by atoms with Crippen molar-refractivity contribution in [3.63, 3.8) is 0 Å². The minimum Gasteiger partial charge on any atom is -0.383 e. The van der Waals surface area contributed by atoms with Crippen molar-refractivity contribution in [3.05, 3.63) is 45.8 Å². The summed E-state index contributed by atoms with van der Waals surface area (Å²) in [6.45, 7) is 11.0. The van der Waals surface area contributed by atoms with Gasteiger partial charge in [-0.15, -0.1) is 11.3 Å². The molecule has 0 atom stereocenters. The number of rotatable bonds is 16. The third-order valence-electron chi connectivity index (χ3n) is 7.14. The third kappa shape index (κ3) is 8.14. The van der Waals surface area contributed by atoms with Crippen LogP contribution in [0, 0.1) is 0 Å². The quantitative estimate of drug-likeness (QED) is 0.308. The van der Waals surface area contributed by atoms with Crippen molar-refractivity contribution >= 4 is 38.2 Å². The Morgan fingerprint density at radius 1 is 0.976 bits per heavy atom. The highest BCUT2D eigenvalue weighted by atomic mass is 32.2. The zero-order valence-electron chi connectivity index (χ0n) is 24.9. The Kier molecular flexibility index (Phi) is 12.7. The molecule has 0 fully saturated rings. The minimum absolute atomic E-state index is 0.0416. The van der Waals surface area contributed by atoms with Gasteiger partial charge in [0.2, 0.25) is 10.0 Å². The molecule has 0 radical (unpaired) electrons. The molecular formula is C29H44N4O6S2. The van der Waals surface area contributed by atoms with Gasteiger partial charge in [0.15, 0.2) is 0 Å². The van der Waals surface area contributed by atoms with Gasteiger partial charge in [0, 0.05) is 63.9 Å². The van der Waals surface area contributed by atoms with Crippen molar-refractivity contribution < 1.29 is 27.5 Å². The van der Waals surface area contributed by atoms with Crippen LogP contribution in [0.1, 0.15) is 64.8 Å². The second-order valence-electron chi connectivity index (χ2n) is 9.99. The third-order valence-corrected chi connectivity index (χ3v) is 10.2. The second kappa shape index (κ2) is 15.8. The molecule has 3 rings (SSSR count). The first-order valence-corrected chi connectivity index (χ1v) is 16.5.